The third-order valence-electron chi connectivity index (χ3n) is 2.12. The third kappa shape index (κ3) is 4.81. The van der Waals surface area contributed by atoms with E-state index in [-0.39, 0.29) is 5.92 Å². The summed E-state index contributed by atoms with van der Waals surface area (Å²) in [5.41, 5.74) is 0. The minimum absolute atomic E-state index is 0.143. The van der Waals surface area contributed by atoms with Gasteiger partial charge >= 0.3 is 5.97 Å². The van der Waals surface area contributed by atoms with Crippen molar-refractivity contribution in [1.82, 2.24) is 4.72 Å². The fraction of sp³-hybridized carbons (Fsp3) is 0.875. The summed E-state index contributed by atoms with van der Waals surface area (Å²) in [6.07, 6.45) is 0.657. The first-order chi connectivity index (χ1) is 6.87. The maximum atomic E-state index is 11.3. The Morgan fingerprint density at radius 3 is 2.40 bits per heavy atom. The van der Waals surface area contributed by atoms with Gasteiger partial charge in [0.15, 0.2) is 0 Å². The molecule has 0 spiro atoms. The van der Waals surface area contributed by atoms with E-state index in [0.29, 0.717) is 6.42 Å². The highest BCUT2D eigenvalue weighted by atomic mass is 35.5. The summed E-state index contributed by atoms with van der Waals surface area (Å²) in [5, 5.41) is -0.572. The van der Waals surface area contributed by atoms with Crippen molar-refractivity contribution in [2.75, 3.05) is 12.3 Å². The molecule has 1 N–H and O–H groups in total. The van der Waals surface area contributed by atoms with Crippen molar-refractivity contribution in [3.05, 3.63) is 0 Å². The van der Waals surface area contributed by atoms with E-state index in [1.54, 1.807) is 6.92 Å². The Kier molecular flexibility index (Phi) is 6.16. The second-order valence-corrected chi connectivity index (χ2v) is 5.57. The lowest BCUT2D eigenvalue weighted by Gasteiger charge is -2.20. The van der Waals surface area contributed by atoms with Crippen LogP contribution >= 0.6 is 11.6 Å². The van der Waals surface area contributed by atoms with Crippen molar-refractivity contribution in [1.29, 1.82) is 0 Å². The van der Waals surface area contributed by atoms with Gasteiger partial charge in [0.05, 0.1) is 7.11 Å². The van der Waals surface area contributed by atoms with E-state index >= 15 is 0 Å². The molecular formula is C8H16ClNO4S. The summed E-state index contributed by atoms with van der Waals surface area (Å²) < 4.78 is 29.1. The first-order valence-electron chi connectivity index (χ1n) is 4.51. The average Bonchev–Trinajstić information content (AvgIpc) is 2.23. The largest absolute Gasteiger partial charge is 0.468 e. The SMILES string of the molecule is CCC(C)C(NS(=O)(=O)CCl)C(=O)OC. The van der Waals surface area contributed by atoms with E-state index in [1.807, 2.05) is 6.92 Å². The molecule has 15 heavy (non-hydrogen) atoms. The summed E-state index contributed by atoms with van der Waals surface area (Å²) >= 11 is 5.23. The molecule has 0 aromatic heterocycles. The monoisotopic (exact) mass is 257 g/mol. The number of sulfonamides is 1. The lowest BCUT2D eigenvalue weighted by atomic mass is 10.0. The topological polar surface area (TPSA) is 72.5 Å². The smallest absolute Gasteiger partial charge is 0.324 e. The number of alkyl halides is 1. The van der Waals surface area contributed by atoms with Gasteiger partial charge < -0.3 is 4.74 Å². The first-order valence-corrected chi connectivity index (χ1v) is 6.70. The molecule has 0 aliphatic heterocycles. The molecule has 0 heterocycles. The molecule has 0 fully saturated rings. The van der Waals surface area contributed by atoms with Gasteiger partial charge in [0.2, 0.25) is 10.0 Å². The Labute approximate surface area is 95.2 Å². The van der Waals surface area contributed by atoms with Crippen LogP contribution in [-0.4, -0.2) is 32.8 Å². The van der Waals surface area contributed by atoms with Crippen molar-refractivity contribution in [2.24, 2.45) is 5.92 Å². The van der Waals surface area contributed by atoms with Gasteiger partial charge in [-0.25, -0.2) is 8.42 Å². The van der Waals surface area contributed by atoms with Crippen LogP contribution in [-0.2, 0) is 19.6 Å². The Morgan fingerprint density at radius 1 is 1.53 bits per heavy atom. The fourth-order valence-corrected chi connectivity index (χ4v) is 1.95. The summed E-state index contributed by atoms with van der Waals surface area (Å²) in [5.74, 6) is -0.742. The third-order valence-corrected chi connectivity index (χ3v) is 3.88. The van der Waals surface area contributed by atoms with Crippen molar-refractivity contribution in [3.63, 3.8) is 0 Å². The van der Waals surface area contributed by atoms with Crippen LogP contribution in [0.2, 0.25) is 0 Å². The maximum absolute atomic E-state index is 11.3. The maximum Gasteiger partial charge on any atom is 0.324 e. The molecule has 2 unspecified atom stereocenters. The lowest BCUT2D eigenvalue weighted by Crippen LogP contribution is -2.45. The second kappa shape index (κ2) is 6.30. The highest BCUT2D eigenvalue weighted by molar-refractivity contribution is 7.90. The minimum Gasteiger partial charge on any atom is -0.468 e. The van der Waals surface area contributed by atoms with Gasteiger partial charge in [0.25, 0.3) is 0 Å². The van der Waals surface area contributed by atoms with E-state index in [1.165, 1.54) is 7.11 Å². The summed E-state index contributed by atoms with van der Waals surface area (Å²) in [6, 6.07) is -0.872. The van der Waals surface area contributed by atoms with Crippen LogP contribution in [0.1, 0.15) is 20.3 Å². The minimum atomic E-state index is -3.61. The van der Waals surface area contributed by atoms with Gasteiger partial charge in [0, 0.05) is 0 Å². The van der Waals surface area contributed by atoms with Crippen molar-refractivity contribution >= 4 is 27.6 Å². The van der Waals surface area contributed by atoms with Crippen LogP contribution in [0.3, 0.4) is 0 Å². The number of carbonyl (C=O) groups excluding carboxylic acids is 1. The van der Waals surface area contributed by atoms with Crippen LogP contribution in [0.25, 0.3) is 0 Å². The Hall–Kier alpha value is -0.330. The van der Waals surface area contributed by atoms with Crippen LogP contribution in [0.15, 0.2) is 0 Å². The molecular weight excluding hydrogens is 242 g/mol. The van der Waals surface area contributed by atoms with Crippen LogP contribution < -0.4 is 4.72 Å². The normalized spacial score (nSPS) is 15.7. The Balaban J connectivity index is 4.74. The first kappa shape index (κ1) is 14.7. The molecule has 0 radical (unpaired) electrons. The Bertz CT molecular complexity index is 304. The van der Waals surface area contributed by atoms with Gasteiger partial charge in [-0.3, -0.25) is 4.79 Å². The molecule has 0 bridgehead atoms. The number of carbonyl (C=O) groups is 1. The number of methoxy groups -OCH3 is 1. The number of halogens is 1. The zero-order valence-electron chi connectivity index (χ0n) is 8.99. The van der Waals surface area contributed by atoms with Crippen LogP contribution in [0.4, 0.5) is 0 Å². The standard InChI is InChI=1S/C8H16ClNO4S/c1-4-6(2)7(8(11)14-3)10-15(12,13)5-9/h6-7,10H,4-5H2,1-3H3. The number of hydrogen-bond acceptors (Lipinski definition) is 4. The molecule has 0 rings (SSSR count). The van der Waals surface area contributed by atoms with Gasteiger partial charge in [-0.2, -0.15) is 4.72 Å². The quantitative estimate of drug-likeness (QED) is 0.561. The van der Waals surface area contributed by atoms with Crippen molar-refractivity contribution < 1.29 is 17.9 Å². The molecule has 0 saturated heterocycles. The van der Waals surface area contributed by atoms with Crippen molar-refractivity contribution in [3.8, 4) is 0 Å². The lowest BCUT2D eigenvalue weighted by molar-refractivity contribution is -0.143. The van der Waals surface area contributed by atoms with E-state index in [4.69, 9.17) is 11.6 Å². The molecule has 0 aliphatic rings. The number of nitrogens with one attached hydrogen (secondary N) is 1. The van der Waals surface area contributed by atoms with Crippen LogP contribution in [0, 0.1) is 5.92 Å². The average molecular weight is 258 g/mol. The summed E-state index contributed by atoms with van der Waals surface area (Å²) in [4.78, 5) is 11.3. The number of esters is 1. The van der Waals surface area contributed by atoms with Gasteiger partial charge in [-0.05, 0) is 5.92 Å². The highest BCUT2D eigenvalue weighted by Gasteiger charge is 2.28. The zero-order chi connectivity index (χ0) is 12.1. The molecule has 90 valence electrons. The van der Waals surface area contributed by atoms with E-state index in [2.05, 4.69) is 9.46 Å². The van der Waals surface area contributed by atoms with Gasteiger partial charge in [-0.15, -0.1) is 11.6 Å². The molecule has 0 amide bonds. The van der Waals surface area contributed by atoms with Gasteiger partial charge in [0.1, 0.15) is 11.3 Å². The van der Waals surface area contributed by atoms with Crippen LogP contribution in [0.5, 0.6) is 0 Å². The molecule has 0 aliphatic carbocycles. The van der Waals surface area contributed by atoms with E-state index < -0.39 is 27.2 Å². The summed E-state index contributed by atoms with van der Waals surface area (Å²) in [6.45, 7) is 3.62. The summed E-state index contributed by atoms with van der Waals surface area (Å²) in [7, 11) is -2.40. The van der Waals surface area contributed by atoms with Crippen molar-refractivity contribution in [2.45, 2.75) is 26.3 Å². The van der Waals surface area contributed by atoms with E-state index in [0.717, 1.165) is 0 Å². The molecule has 5 nitrogen and oxygen atoms in total. The molecule has 7 heteroatoms. The molecule has 0 saturated carbocycles. The fourth-order valence-electron chi connectivity index (χ4n) is 0.984. The zero-order valence-corrected chi connectivity index (χ0v) is 10.6. The molecule has 0 aromatic carbocycles. The highest BCUT2D eigenvalue weighted by Crippen LogP contribution is 2.10. The van der Waals surface area contributed by atoms with E-state index in [9.17, 15) is 13.2 Å². The Morgan fingerprint density at radius 2 is 2.07 bits per heavy atom. The number of hydrogen-bond donors (Lipinski definition) is 1. The number of ether oxygens (including phenoxy) is 1. The number of rotatable bonds is 6. The molecule has 0 aromatic rings. The predicted molar refractivity (Wildman–Crippen MR) is 58.0 cm³/mol. The second-order valence-electron chi connectivity index (χ2n) is 3.23. The molecule has 2 atom stereocenters. The predicted octanol–water partition coefficient (Wildman–Crippen LogP) is 0.690. The van der Waals surface area contributed by atoms with Gasteiger partial charge in [-0.1, -0.05) is 20.3 Å².